The smallest absolute Gasteiger partial charge is 0.0707 e. The Hall–Kier alpha value is -1.37. The second-order valence-electron chi connectivity index (χ2n) is 3.33. The van der Waals surface area contributed by atoms with Crippen molar-refractivity contribution in [1.29, 1.82) is 0 Å². The average Bonchev–Trinajstić information content (AvgIpc) is 2.31. The van der Waals surface area contributed by atoms with Gasteiger partial charge in [-0.15, -0.1) is 0 Å². The molecule has 0 aliphatic heterocycles. The minimum Gasteiger partial charge on any atom is -0.256 e. The lowest BCUT2D eigenvalue weighted by atomic mass is 10.1. The van der Waals surface area contributed by atoms with Gasteiger partial charge in [0.2, 0.25) is 0 Å². The van der Waals surface area contributed by atoms with Crippen molar-refractivity contribution in [1.82, 2.24) is 4.98 Å². The van der Waals surface area contributed by atoms with E-state index in [1.165, 1.54) is 16.5 Å². The van der Waals surface area contributed by atoms with Crippen molar-refractivity contribution in [2.75, 3.05) is 0 Å². The standard InChI is InChI=1S/C12H13N.C2H6/c1-3-10-4-5-11-9(2)6-7-13-12(11)8-10;1-2/h4-8H,3H2,1-2H3;1-2H3. The second kappa shape index (κ2) is 5.50. The summed E-state index contributed by atoms with van der Waals surface area (Å²) in [6.45, 7) is 8.28. The van der Waals surface area contributed by atoms with E-state index in [2.05, 4.69) is 37.0 Å². The summed E-state index contributed by atoms with van der Waals surface area (Å²) in [4.78, 5) is 4.35. The summed E-state index contributed by atoms with van der Waals surface area (Å²) < 4.78 is 0. The summed E-state index contributed by atoms with van der Waals surface area (Å²) in [5.74, 6) is 0. The third kappa shape index (κ3) is 2.56. The molecule has 0 amide bonds. The monoisotopic (exact) mass is 201 g/mol. The van der Waals surface area contributed by atoms with Gasteiger partial charge >= 0.3 is 0 Å². The largest absolute Gasteiger partial charge is 0.256 e. The van der Waals surface area contributed by atoms with Gasteiger partial charge in [-0.3, -0.25) is 4.98 Å². The molecule has 0 saturated carbocycles. The summed E-state index contributed by atoms with van der Waals surface area (Å²) in [5, 5.41) is 1.26. The fourth-order valence-electron chi connectivity index (χ4n) is 1.56. The van der Waals surface area contributed by atoms with E-state index in [0.717, 1.165) is 11.9 Å². The predicted octanol–water partition coefficient (Wildman–Crippen LogP) is 4.13. The van der Waals surface area contributed by atoms with Crippen LogP contribution in [-0.2, 0) is 6.42 Å². The maximum atomic E-state index is 4.35. The topological polar surface area (TPSA) is 12.9 Å². The Kier molecular flexibility index (Phi) is 4.29. The molecule has 15 heavy (non-hydrogen) atoms. The zero-order valence-corrected chi connectivity index (χ0v) is 10.0. The number of aryl methyl sites for hydroxylation is 2. The van der Waals surface area contributed by atoms with Crippen molar-refractivity contribution < 1.29 is 0 Å². The van der Waals surface area contributed by atoms with Crippen molar-refractivity contribution in [2.45, 2.75) is 34.1 Å². The lowest BCUT2D eigenvalue weighted by molar-refractivity contribution is 1.14. The van der Waals surface area contributed by atoms with E-state index < -0.39 is 0 Å². The molecule has 0 atom stereocenters. The highest BCUT2D eigenvalue weighted by Gasteiger charge is 1.97. The van der Waals surface area contributed by atoms with Crippen LogP contribution in [0.15, 0.2) is 30.5 Å². The van der Waals surface area contributed by atoms with Crippen molar-refractivity contribution in [3.63, 3.8) is 0 Å². The first-order valence-electron chi connectivity index (χ1n) is 5.65. The van der Waals surface area contributed by atoms with Gasteiger partial charge in [-0.25, -0.2) is 0 Å². The molecule has 0 spiro atoms. The number of fused-ring (bicyclic) bond motifs is 1. The molecule has 2 aromatic rings. The number of pyridine rings is 1. The number of hydrogen-bond donors (Lipinski definition) is 0. The van der Waals surface area contributed by atoms with Gasteiger partial charge in [0.1, 0.15) is 0 Å². The average molecular weight is 201 g/mol. The molecule has 1 heterocycles. The van der Waals surface area contributed by atoms with Gasteiger partial charge < -0.3 is 0 Å². The summed E-state index contributed by atoms with van der Waals surface area (Å²) in [5.41, 5.74) is 3.76. The van der Waals surface area contributed by atoms with Crippen LogP contribution in [0.3, 0.4) is 0 Å². The van der Waals surface area contributed by atoms with Crippen molar-refractivity contribution in [2.24, 2.45) is 0 Å². The maximum absolute atomic E-state index is 4.35. The minimum atomic E-state index is 1.07. The molecule has 1 aromatic heterocycles. The first kappa shape index (κ1) is 11.7. The van der Waals surface area contributed by atoms with Crippen molar-refractivity contribution in [3.05, 3.63) is 41.6 Å². The molecule has 0 unspecified atom stereocenters. The fourth-order valence-corrected chi connectivity index (χ4v) is 1.56. The van der Waals surface area contributed by atoms with E-state index >= 15 is 0 Å². The highest BCUT2D eigenvalue weighted by molar-refractivity contribution is 5.82. The number of hydrogen-bond acceptors (Lipinski definition) is 1. The predicted molar refractivity (Wildman–Crippen MR) is 67.2 cm³/mol. The molecule has 0 saturated heterocycles. The summed E-state index contributed by atoms with van der Waals surface area (Å²) in [6, 6.07) is 8.56. The first-order valence-corrected chi connectivity index (χ1v) is 5.65. The lowest BCUT2D eigenvalue weighted by Crippen LogP contribution is -1.85. The third-order valence-corrected chi connectivity index (χ3v) is 2.43. The van der Waals surface area contributed by atoms with E-state index in [1.54, 1.807) is 0 Å². The van der Waals surface area contributed by atoms with Crippen LogP contribution in [0.5, 0.6) is 0 Å². The molecule has 80 valence electrons. The van der Waals surface area contributed by atoms with Crippen LogP contribution in [0, 0.1) is 6.92 Å². The summed E-state index contributed by atoms with van der Waals surface area (Å²) >= 11 is 0. The molecular formula is C14H19N. The van der Waals surface area contributed by atoms with Gasteiger partial charge in [0, 0.05) is 11.6 Å². The Morgan fingerprint density at radius 3 is 2.53 bits per heavy atom. The first-order chi connectivity index (χ1) is 7.31. The van der Waals surface area contributed by atoms with Gasteiger partial charge in [-0.05, 0) is 36.6 Å². The SMILES string of the molecule is CC.CCc1ccc2c(C)ccnc2c1. The highest BCUT2D eigenvalue weighted by atomic mass is 14.6. The van der Waals surface area contributed by atoms with Crippen molar-refractivity contribution >= 4 is 10.9 Å². The third-order valence-electron chi connectivity index (χ3n) is 2.43. The molecule has 2 rings (SSSR count). The van der Waals surface area contributed by atoms with Gasteiger partial charge in [0.25, 0.3) is 0 Å². The Morgan fingerprint density at radius 2 is 1.87 bits per heavy atom. The second-order valence-corrected chi connectivity index (χ2v) is 3.33. The molecule has 1 aromatic carbocycles. The van der Waals surface area contributed by atoms with Crippen LogP contribution in [0.2, 0.25) is 0 Å². The molecule has 1 heteroatoms. The van der Waals surface area contributed by atoms with Gasteiger partial charge in [-0.1, -0.05) is 32.9 Å². The summed E-state index contributed by atoms with van der Waals surface area (Å²) in [6.07, 6.45) is 2.95. The molecule has 0 bridgehead atoms. The van der Waals surface area contributed by atoms with E-state index in [0.29, 0.717) is 0 Å². The minimum absolute atomic E-state index is 1.07. The fraction of sp³-hybridized carbons (Fsp3) is 0.357. The van der Waals surface area contributed by atoms with Gasteiger partial charge in [-0.2, -0.15) is 0 Å². The molecule has 0 fully saturated rings. The van der Waals surface area contributed by atoms with Crippen LogP contribution in [0.25, 0.3) is 10.9 Å². The molecule has 0 aliphatic rings. The van der Waals surface area contributed by atoms with Crippen LogP contribution in [0.1, 0.15) is 31.9 Å². The molecule has 0 aliphatic carbocycles. The Morgan fingerprint density at radius 1 is 1.13 bits per heavy atom. The van der Waals surface area contributed by atoms with E-state index in [4.69, 9.17) is 0 Å². The van der Waals surface area contributed by atoms with E-state index in [-0.39, 0.29) is 0 Å². The Balaban J connectivity index is 0.000000531. The maximum Gasteiger partial charge on any atom is 0.0707 e. The quantitative estimate of drug-likeness (QED) is 0.676. The zero-order valence-electron chi connectivity index (χ0n) is 10.0. The molecule has 1 nitrogen and oxygen atoms in total. The normalized spacial score (nSPS) is 9.60. The zero-order chi connectivity index (χ0) is 11.3. The Labute approximate surface area is 92.2 Å². The van der Waals surface area contributed by atoms with Gasteiger partial charge in [0.15, 0.2) is 0 Å². The van der Waals surface area contributed by atoms with E-state index in [9.17, 15) is 0 Å². The van der Waals surface area contributed by atoms with Crippen molar-refractivity contribution in [3.8, 4) is 0 Å². The molecule has 0 radical (unpaired) electrons. The van der Waals surface area contributed by atoms with Crippen LogP contribution in [-0.4, -0.2) is 4.98 Å². The van der Waals surface area contributed by atoms with Crippen LogP contribution in [0.4, 0.5) is 0 Å². The molecular weight excluding hydrogens is 182 g/mol. The number of aromatic nitrogens is 1. The summed E-state index contributed by atoms with van der Waals surface area (Å²) in [7, 11) is 0. The highest BCUT2D eigenvalue weighted by Crippen LogP contribution is 2.17. The molecule has 0 N–H and O–H groups in total. The lowest BCUT2D eigenvalue weighted by Gasteiger charge is -2.02. The number of benzene rings is 1. The van der Waals surface area contributed by atoms with Crippen LogP contribution < -0.4 is 0 Å². The van der Waals surface area contributed by atoms with E-state index in [1.807, 2.05) is 26.1 Å². The Bertz CT molecular complexity index is 432. The number of rotatable bonds is 1. The van der Waals surface area contributed by atoms with Crippen LogP contribution >= 0.6 is 0 Å². The van der Waals surface area contributed by atoms with Gasteiger partial charge in [0.05, 0.1) is 5.52 Å². The number of nitrogens with zero attached hydrogens (tertiary/aromatic N) is 1.